The third-order valence-corrected chi connectivity index (χ3v) is 1.16. The van der Waals surface area contributed by atoms with E-state index in [-0.39, 0.29) is 0 Å². The Morgan fingerprint density at radius 1 is 0.700 bits per heavy atom. The summed E-state index contributed by atoms with van der Waals surface area (Å²) in [5.41, 5.74) is -1.28. The number of carbonyl (C=O) groups excluding carboxylic acids is 2. The Morgan fingerprint density at radius 3 is 1.25 bits per heavy atom. The minimum atomic E-state index is -0.956. The highest BCUT2D eigenvalue weighted by Gasteiger charge is 2.14. The minimum absolute atomic E-state index is 0.638. The third-order valence-electron chi connectivity index (χ3n) is 1.16. The summed E-state index contributed by atoms with van der Waals surface area (Å²) >= 11 is 0. The van der Waals surface area contributed by atoms with E-state index < -0.39 is 23.1 Å². The Bertz CT molecular complexity index is 313. The molecule has 0 spiro atoms. The van der Waals surface area contributed by atoms with Gasteiger partial charge in [-0.1, -0.05) is 0 Å². The van der Waals surface area contributed by atoms with Crippen molar-refractivity contribution in [2.75, 3.05) is 0 Å². The van der Waals surface area contributed by atoms with Crippen LogP contribution in [0.4, 0.5) is 0 Å². The zero-order valence-corrected chi connectivity index (χ0v) is 12.4. The second-order valence-electron chi connectivity index (χ2n) is 5.67. The van der Waals surface area contributed by atoms with Gasteiger partial charge in [-0.2, -0.15) is 9.78 Å². The Hall–Kier alpha value is -1.48. The second kappa shape index (κ2) is 7.95. The maximum absolute atomic E-state index is 11.1. The van der Waals surface area contributed by atoms with Crippen molar-refractivity contribution < 1.29 is 39.2 Å². The molecule has 0 radical (unpaired) electrons. The van der Waals surface area contributed by atoms with Gasteiger partial charge in [0.2, 0.25) is 0 Å². The number of carbonyl (C=O) groups is 2. The highest BCUT2D eigenvalue weighted by Crippen LogP contribution is 2.08. The molecular formula is C12H20O8. The van der Waals surface area contributed by atoms with Gasteiger partial charge in [0.25, 0.3) is 0 Å². The Balaban J connectivity index is 3.86. The van der Waals surface area contributed by atoms with Crippen molar-refractivity contribution in [2.24, 2.45) is 0 Å². The van der Waals surface area contributed by atoms with E-state index in [2.05, 4.69) is 29.6 Å². The van der Waals surface area contributed by atoms with Crippen molar-refractivity contribution >= 4 is 11.9 Å². The Morgan fingerprint density at radius 2 is 1.00 bits per heavy atom. The molecule has 0 N–H and O–H groups in total. The fourth-order valence-corrected chi connectivity index (χ4v) is 0.497. The first-order valence-corrected chi connectivity index (χ1v) is 5.80. The molecule has 0 aliphatic carbocycles. The predicted octanol–water partition coefficient (Wildman–Crippen LogP) is 1.95. The normalized spacial score (nSPS) is 12.5. The number of hydrogen-bond donors (Lipinski definition) is 0. The molecule has 0 fully saturated rings. The fraction of sp³-hybridized carbons (Fsp3) is 0.667. The van der Waals surface area contributed by atoms with Crippen LogP contribution in [-0.4, -0.2) is 23.1 Å². The van der Waals surface area contributed by atoms with Gasteiger partial charge in [-0.15, -0.1) is 0 Å². The van der Waals surface area contributed by atoms with Gasteiger partial charge in [-0.25, -0.2) is 9.59 Å². The van der Waals surface area contributed by atoms with Crippen LogP contribution in [0.2, 0.25) is 0 Å². The average Bonchev–Trinajstić information content (AvgIpc) is 2.22. The van der Waals surface area contributed by atoms with Crippen LogP contribution in [0.1, 0.15) is 41.5 Å². The van der Waals surface area contributed by atoms with Gasteiger partial charge < -0.3 is 0 Å². The predicted molar refractivity (Wildman–Crippen MR) is 65.2 cm³/mol. The molecule has 0 saturated carbocycles. The first kappa shape index (κ1) is 18.5. The maximum Gasteiger partial charge on any atom is 0.369 e. The molecule has 0 aromatic heterocycles. The molecule has 0 unspecified atom stereocenters. The lowest BCUT2D eigenvalue weighted by molar-refractivity contribution is -0.513. The molecule has 0 aliphatic rings. The van der Waals surface area contributed by atoms with Crippen molar-refractivity contribution in [3.63, 3.8) is 0 Å². The molecule has 0 aromatic carbocycles. The molecule has 8 nitrogen and oxygen atoms in total. The SMILES string of the molecule is CC(C)(C)OOOC(=O)/C=C\C(=O)OOOC(C)(C)C. The molecule has 0 saturated heterocycles. The van der Waals surface area contributed by atoms with Crippen LogP contribution in [0, 0.1) is 0 Å². The number of hydrogen-bond acceptors (Lipinski definition) is 8. The maximum atomic E-state index is 11.1. The molecule has 0 aromatic rings. The summed E-state index contributed by atoms with van der Waals surface area (Å²) in [6, 6.07) is 0. The van der Waals surface area contributed by atoms with Crippen LogP contribution >= 0.6 is 0 Å². The zero-order valence-electron chi connectivity index (χ0n) is 12.4. The van der Waals surface area contributed by atoms with E-state index in [1.807, 2.05) is 0 Å². The highest BCUT2D eigenvalue weighted by atomic mass is 17.5. The summed E-state index contributed by atoms with van der Waals surface area (Å²) in [6.07, 6.45) is 1.55. The summed E-state index contributed by atoms with van der Waals surface area (Å²) in [5.74, 6) is -1.91. The van der Waals surface area contributed by atoms with E-state index in [1.165, 1.54) is 0 Å². The van der Waals surface area contributed by atoms with Gasteiger partial charge in [0, 0.05) is 12.2 Å². The van der Waals surface area contributed by atoms with E-state index in [0.717, 1.165) is 12.2 Å². The smallest absolute Gasteiger partial charge is 0.264 e. The van der Waals surface area contributed by atoms with Crippen molar-refractivity contribution in [1.82, 2.24) is 0 Å². The topological polar surface area (TPSA) is 89.5 Å². The molecule has 0 amide bonds. The molecule has 8 heteroatoms. The second-order valence-corrected chi connectivity index (χ2v) is 5.67. The van der Waals surface area contributed by atoms with E-state index in [9.17, 15) is 9.59 Å². The van der Waals surface area contributed by atoms with Crippen molar-refractivity contribution in [1.29, 1.82) is 0 Å². The number of rotatable bonds is 6. The summed E-state index contributed by atoms with van der Waals surface area (Å²) < 4.78 is 0. The lowest BCUT2D eigenvalue weighted by atomic mass is 10.2. The highest BCUT2D eigenvalue weighted by molar-refractivity contribution is 5.91. The van der Waals surface area contributed by atoms with E-state index in [1.54, 1.807) is 41.5 Å². The molecule has 0 rings (SSSR count). The van der Waals surface area contributed by atoms with Crippen LogP contribution in [0.3, 0.4) is 0 Å². The van der Waals surface area contributed by atoms with Crippen LogP contribution in [0.15, 0.2) is 12.2 Å². The van der Waals surface area contributed by atoms with Crippen molar-refractivity contribution in [3.05, 3.63) is 12.2 Å². The van der Waals surface area contributed by atoms with E-state index in [0.29, 0.717) is 0 Å². The van der Waals surface area contributed by atoms with E-state index in [4.69, 9.17) is 0 Å². The molecule has 0 bridgehead atoms. The van der Waals surface area contributed by atoms with E-state index >= 15 is 0 Å². The Kier molecular flexibility index (Phi) is 7.36. The quantitative estimate of drug-likeness (QED) is 0.417. The summed E-state index contributed by atoms with van der Waals surface area (Å²) in [6.45, 7) is 10.2. The molecule has 116 valence electrons. The van der Waals surface area contributed by atoms with Crippen LogP contribution in [0.5, 0.6) is 0 Å². The summed E-state index contributed by atoms with van der Waals surface area (Å²) in [4.78, 5) is 39.9. The van der Waals surface area contributed by atoms with Crippen LogP contribution in [0.25, 0.3) is 0 Å². The van der Waals surface area contributed by atoms with Gasteiger partial charge in [0.15, 0.2) is 0 Å². The van der Waals surface area contributed by atoms with Gasteiger partial charge in [-0.05, 0) is 51.6 Å². The lowest BCUT2D eigenvalue weighted by Crippen LogP contribution is -2.21. The van der Waals surface area contributed by atoms with Gasteiger partial charge in [0.1, 0.15) is 0 Å². The average molecular weight is 292 g/mol. The zero-order chi connectivity index (χ0) is 15.8. The first-order valence-electron chi connectivity index (χ1n) is 5.80. The van der Waals surface area contributed by atoms with Crippen LogP contribution in [-0.2, 0) is 39.2 Å². The van der Waals surface area contributed by atoms with Gasteiger partial charge >= 0.3 is 11.9 Å². The largest absolute Gasteiger partial charge is 0.369 e. The summed E-state index contributed by atoms with van der Waals surface area (Å²) in [5, 5.41) is 8.42. The van der Waals surface area contributed by atoms with Crippen LogP contribution < -0.4 is 0 Å². The fourth-order valence-electron chi connectivity index (χ4n) is 0.497. The molecule has 0 aliphatic heterocycles. The Labute approximate surface area is 117 Å². The molecular weight excluding hydrogens is 272 g/mol. The first-order chi connectivity index (χ1) is 8.99. The van der Waals surface area contributed by atoms with Gasteiger partial charge in [0.05, 0.1) is 11.2 Å². The molecule has 0 heterocycles. The van der Waals surface area contributed by atoms with Crippen molar-refractivity contribution in [2.45, 2.75) is 52.7 Å². The monoisotopic (exact) mass is 292 g/mol. The molecule has 0 atom stereocenters. The van der Waals surface area contributed by atoms with Crippen molar-refractivity contribution in [3.8, 4) is 0 Å². The molecule has 20 heavy (non-hydrogen) atoms. The third kappa shape index (κ3) is 13.0. The minimum Gasteiger partial charge on any atom is -0.264 e. The summed E-state index contributed by atoms with van der Waals surface area (Å²) in [7, 11) is 0. The standard InChI is InChI=1S/C12H20O8/c1-11(2,3)17-19-15-9(13)7-8-10(14)16-20-18-12(4,5)6/h7-8H,1-6H3/b8-7-. The lowest BCUT2D eigenvalue weighted by Gasteiger charge is -2.15. The van der Waals surface area contributed by atoms with Gasteiger partial charge in [-0.3, -0.25) is 9.78 Å².